The lowest BCUT2D eigenvalue weighted by Crippen LogP contribution is -2.46. The highest BCUT2D eigenvalue weighted by Gasteiger charge is 2.23. The first-order chi connectivity index (χ1) is 12.7. The van der Waals surface area contributed by atoms with Crippen molar-refractivity contribution >= 4 is 35.8 Å². The molecule has 1 amide bonds. The average Bonchev–Trinajstić information content (AvgIpc) is 2.67. The molecule has 1 aliphatic rings. The zero-order chi connectivity index (χ0) is 18.8. The van der Waals surface area contributed by atoms with Gasteiger partial charge in [-0.1, -0.05) is 6.07 Å². The van der Waals surface area contributed by atoms with Crippen LogP contribution in [0, 0.1) is 5.92 Å². The van der Waals surface area contributed by atoms with Crippen LogP contribution >= 0.6 is 24.0 Å². The second kappa shape index (κ2) is 12.7. The van der Waals surface area contributed by atoms with Crippen molar-refractivity contribution in [2.75, 3.05) is 33.3 Å². The number of aliphatic imine (C=N–C) groups is 1. The minimum Gasteiger partial charge on any atom is -0.478 e. The number of pyridine rings is 1. The van der Waals surface area contributed by atoms with Crippen molar-refractivity contribution in [1.29, 1.82) is 0 Å². The molecule has 1 fully saturated rings. The highest BCUT2D eigenvalue weighted by molar-refractivity contribution is 14.0. The summed E-state index contributed by atoms with van der Waals surface area (Å²) in [5.41, 5.74) is 0.985. The van der Waals surface area contributed by atoms with Gasteiger partial charge in [0.2, 0.25) is 11.8 Å². The van der Waals surface area contributed by atoms with Crippen LogP contribution in [0.3, 0.4) is 0 Å². The van der Waals surface area contributed by atoms with Gasteiger partial charge in [0.05, 0.1) is 13.2 Å². The van der Waals surface area contributed by atoms with E-state index in [1.165, 1.54) is 0 Å². The molecular weight excluding hydrogens is 457 g/mol. The van der Waals surface area contributed by atoms with E-state index in [4.69, 9.17) is 9.73 Å². The van der Waals surface area contributed by atoms with Crippen LogP contribution in [0.5, 0.6) is 5.88 Å². The molecular formula is C19H32IN5O2. The number of nitrogens with one attached hydrogen (secondary N) is 2. The smallest absolute Gasteiger partial charge is 0.220 e. The number of amides is 1. The number of aromatic nitrogens is 1. The van der Waals surface area contributed by atoms with Gasteiger partial charge >= 0.3 is 0 Å². The van der Waals surface area contributed by atoms with E-state index in [-0.39, 0.29) is 29.9 Å². The van der Waals surface area contributed by atoms with Gasteiger partial charge in [0, 0.05) is 44.9 Å². The van der Waals surface area contributed by atoms with Crippen molar-refractivity contribution in [1.82, 2.24) is 20.5 Å². The molecule has 1 aromatic rings. The second-order valence-corrected chi connectivity index (χ2v) is 6.38. The molecule has 1 saturated heterocycles. The maximum Gasteiger partial charge on any atom is 0.220 e. The fourth-order valence-corrected chi connectivity index (χ4v) is 3.11. The Morgan fingerprint density at radius 3 is 2.74 bits per heavy atom. The van der Waals surface area contributed by atoms with Gasteiger partial charge in [-0.05, 0) is 38.7 Å². The van der Waals surface area contributed by atoms with Gasteiger partial charge in [0.1, 0.15) is 0 Å². The van der Waals surface area contributed by atoms with Crippen LogP contribution in [0.15, 0.2) is 23.3 Å². The maximum absolute atomic E-state index is 11.6. The fraction of sp³-hybridized carbons (Fsp3) is 0.632. The van der Waals surface area contributed by atoms with Gasteiger partial charge in [-0.2, -0.15) is 0 Å². The van der Waals surface area contributed by atoms with E-state index in [0.29, 0.717) is 31.4 Å². The summed E-state index contributed by atoms with van der Waals surface area (Å²) in [7, 11) is 1.70. The molecule has 0 spiro atoms. The maximum atomic E-state index is 11.6. The first-order valence-corrected chi connectivity index (χ1v) is 9.48. The summed E-state index contributed by atoms with van der Waals surface area (Å²) in [6, 6.07) is 3.91. The lowest BCUT2D eigenvalue weighted by atomic mass is 9.93. The monoisotopic (exact) mass is 489 g/mol. The number of guanidine groups is 1. The second-order valence-electron chi connectivity index (χ2n) is 6.38. The average molecular weight is 489 g/mol. The minimum absolute atomic E-state index is 0. The van der Waals surface area contributed by atoms with Gasteiger partial charge in [-0.15, -0.1) is 24.0 Å². The summed E-state index contributed by atoms with van der Waals surface area (Å²) in [6.45, 7) is 7.80. The Morgan fingerprint density at radius 2 is 2.11 bits per heavy atom. The highest BCUT2D eigenvalue weighted by atomic mass is 127. The number of nitrogens with zero attached hydrogens (tertiary/aromatic N) is 3. The molecule has 0 aromatic carbocycles. The summed E-state index contributed by atoms with van der Waals surface area (Å²) >= 11 is 0. The number of hydrogen-bond donors (Lipinski definition) is 2. The number of likely N-dealkylation sites (tertiary alicyclic amines) is 1. The molecule has 0 radical (unpaired) electrons. The van der Waals surface area contributed by atoms with Gasteiger partial charge in [-0.3, -0.25) is 4.79 Å². The molecule has 2 rings (SSSR count). The third kappa shape index (κ3) is 7.51. The minimum atomic E-state index is 0. The third-order valence-electron chi connectivity index (χ3n) is 4.53. The van der Waals surface area contributed by atoms with E-state index in [1.54, 1.807) is 13.2 Å². The van der Waals surface area contributed by atoms with Crippen LogP contribution in [-0.4, -0.2) is 55.0 Å². The Labute approximate surface area is 179 Å². The summed E-state index contributed by atoms with van der Waals surface area (Å²) in [5.74, 6) is 2.15. The van der Waals surface area contributed by atoms with Crippen molar-refractivity contribution in [3.63, 3.8) is 0 Å². The summed E-state index contributed by atoms with van der Waals surface area (Å²) in [6.07, 6.45) is 4.37. The summed E-state index contributed by atoms with van der Waals surface area (Å²) in [5, 5.41) is 6.09. The number of rotatable bonds is 7. The number of piperidine rings is 1. The molecule has 7 nitrogen and oxygen atoms in total. The standard InChI is InChI=1S/C19H31N5O2.HI/c1-4-21-19(23-14-16-7-6-10-22-18(16)26-5-2)24-11-8-15(9-12-24)13-17(25)20-3;/h6-7,10,15H,4-5,8-9,11-14H2,1-3H3,(H,20,25)(H,21,23);1H. The molecule has 27 heavy (non-hydrogen) atoms. The number of halogens is 1. The molecule has 0 saturated carbocycles. The van der Waals surface area contributed by atoms with E-state index < -0.39 is 0 Å². The molecule has 0 bridgehead atoms. The predicted molar refractivity (Wildman–Crippen MR) is 119 cm³/mol. The molecule has 0 unspecified atom stereocenters. The Kier molecular flexibility index (Phi) is 11.1. The predicted octanol–water partition coefficient (Wildman–Crippen LogP) is 2.41. The van der Waals surface area contributed by atoms with Gasteiger partial charge in [0.15, 0.2) is 5.96 Å². The molecule has 8 heteroatoms. The lowest BCUT2D eigenvalue weighted by molar-refractivity contribution is -0.121. The van der Waals surface area contributed by atoms with E-state index in [0.717, 1.165) is 44.0 Å². The molecule has 0 aliphatic carbocycles. The van der Waals surface area contributed by atoms with Crippen LogP contribution in [0.4, 0.5) is 0 Å². The number of carbonyl (C=O) groups excluding carboxylic acids is 1. The largest absolute Gasteiger partial charge is 0.478 e. The van der Waals surface area contributed by atoms with Crippen LogP contribution in [0.1, 0.15) is 38.7 Å². The molecule has 1 aliphatic heterocycles. The van der Waals surface area contributed by atoms with E-state index in [2.05, 4.69) is 27.4 Å². The van der Waals surface area contributed by atoms with Gasteiger partial charge in [0.25, 0.3) is 0 Å². The Bertz CT molecular complexity index is 604. The normalized spacial score (nSPS) is 15.1. The number of carbonyl (C=O) groups is 1. The van der Waals surface area contributed by atoms with E-state index in [1.807, 2.05) is 19.1 Å². The topological polar surface area (TPSA) is 78.9 Å². The molecule has 1 aromatic heterocycles. The Hall–Kier alpha value is -1.58. The van der Waals surface area contributed by atoms with Crippen LogP contribution in [0.2, 0.25) is 0 Å². The number of ether oxygens (including phenoxy) is 1. The fourth-order valence-electron chi connectivity index (χ4n) is 3.11. The summed E-state index contributed by atoms with van der Waals surface area (Å²) in [4.78, 5) is 22.9. The molecule has 152 valence electrons. The van der Waals surface area contributed by atoms with Crippen molar-refractivity contribution in [2.45, 2.75) is 39.7 Å². The Morgan fingerprint density at radius 1 is 1.37 bits per heavy atom. The quantitative estimate of drug-likeness (QED) is 0.350. The van der Waals surface area contributed by atoms with Crippen molar-refractivity contribution in [3.8, 4) is 5.88 Å². The van der Waals surface area contributed by atoms with Gasteiger partial charge < -0.3 is 20.3 Å². The third-order valence-corrected chi connectivity index (χ3v) is 4.53. The van der Waals surface area contributed by atoms with Crippen LogP contribution in [0.25, 0.3) is 0 Å². The van der Waals surface area contributed by atoms with E-state index in [9.17, 15) is 4.79 Å². The van der Waals surface area contributed by atoms with Crippen molar-refractivity contribution in [2.24, 2.45) is 10.9 Å². The zero-order valence-corrected chi connectivity index (χ0v) is 18.9. The van der Waals surface area contributed by atoms with E-state index >= 15 is 0 Å². The molecule has 2 N–H and O–H groups in total. The molecule has 2 heterocycles. The zero-order valence-electron chi connectivity index (χ0n) is 16.5. The van der Waals surface area contributed by atoms with Crippen LogP contribution < -0.4 is 15.4 Å². The summed E-state index contributed by atoms with van der Waals surface area (Å²) < 4.78 is 5.58. The first-order valence-electron chi connectivity index (χ1n) is 9.48. The van der Waals surface area contributed by atoms with Crippen molar-refractivity contribution < 1.29 is 9.53 Å². The van der Waals surface area contributed by atoms with Gasteiger partial charge in [-0.25, -0.2) is 9.98 Å². The SMILES string of the molecule is CCNC(=NCc1cccnc1OCC)N1CCC(CC(=O)NC)CC1.I. The van der Waals surface area contributed by atoms with Crippen molar-refractivity contribution in [3.05, 3.63) is 23.9 Å². The lowest BCUT2D eigenvalue weighted by Gasteiger charge is -2.34. The number of hydrogen-bond acceptors (Lipinski definition) is 4. The highest BCUT2D eigenvalue weighted by Crippen LogP contribution is 2.21. The first kappa shape index (κ1) is 23.5. The Balaban J connectivity index is 0.00000364. The van der Waals surface area contributed by atoms with Crippen LogP contribution in [-0.2, 0) is 11.3 Å². The molecule has 0 atom stereocenters.